The molecule has 5 aliphatic rings. The van der Waals surface area contributed by atoms with Crippen molar-refractivity contribution < 1.29 is 8.42 Å². The second-order valence-electron chi connectivity index (χ2n) is 16.1. The molecule has 0 amide bonds. The van der Waals surface area contributed by atoms with Crippen LogP contribution in [0.25, 0.3) is 56.4 Å². The SMILES string of the molecule is O=S1(=O)c2ccccc2C2(c3ccc(-c4nc(-c5cccc(-c6ccccc6)c5)nc(-c5cccc(-c6ccccc6)c5)n4)cc31)C1CC3CC(C1)CC2C3. The average Bonchev–Trinajstić information content (AvgIpc) is 3.24. The van der Waals surface area contributed by atoms with Gasteiger partial charge in [-0.15, -0.1) is 0 Å². The molecule has 4 saturated carbocycles. The van der Waals surface area contributed by atoms with E-state index in [0.29, 0.717) is 44.7 Å². The zero-order valence-electron chi connectivity index (χ0n) is 30.3. The van der Waals surface area contributed by atoms with Crippen molar-refractivity contribution in [3.63, 3.8) is 0 Å². The summed E-state index contributed by atoms with van der Waals surface area (Å²) in [4.78, 5) is 16.2. The van der Waals surface area contributed by atoms with Gasteiger partial charge in [0, 0.05) is 22.1 Å². The molecule has 4 bridgehead atoms. The molecule has 1 aliphatic heterocycles. The highest BCUT2D eigenvalue weighted by atomic mass is 32.2. The van der Waals surface area contributed by atoms with Crippen LogP contribution in [-0.4, -0.2) is 23.4 Å². The monoisotopic (exact) mass is 733 g/mol. The fraction of sp³-hybridized carbons (Fsp3) is 0.204. The number of rotatable bonds is 5. The summed E-state index contributed by atoms with van der Waals surface area (Å²) >= 11 is 0. The summed E-state index contributed by atoms with van der Waals surface area (Å²) in [6, 6.07) is 51.0. The van der Waals surface area contributed by atoms with Crippen molar-refractivity contribution in [2.24, 2.45) is 23.7 Å². The molecular formula is C49H39N3O2S. The van der Waals surface area contributed by atoms with E-state index in [0.717, 1.165) is 56.3 Å². The average molecular weight is 734 g/mol. The van der Waals surface area contributed by atoms with Crippen LogP contribution < -0.4 is 0 Å². The lowest BCUT2D eigenvalue weighted by Crippen LogP contribution is -2.57. The van der Waals surface area contributed by atoms with Gasteiger partial charge in [0.2, 0.25) is 9.84 Å². The third-order valence-corrected chi connectivity index (χ3v) is 15.0. The number of aromatic nitrogens is 3. The summed E-state index contributed by atoms with van der Waals surface area (Å²) in [5.41, 5.74) is 8.42. The standard InChI is InChI=1S/C49H39N3O2S/c53-55(54)44-20-8-7-19-42(44)49(40-24-31-23-32(26-40)27-41(49)25-31)43-22-21-39(30-45(43)55)48-51-46(37-17-9-15-35(28-37)33-11-3-1-4-12-33)50-47(52-48)38-18-10-16-36(29-38)34-13-5-2-6-14-34/h1-22,28-32,40-41H,23-27H2. The molecule has 0 saturated heterocycles. The summed E-state index contributed by atoms with van der Waals surface area (Å²) in [7, 11) is -3.81. The van der Waals surface area contributed by atoms with Crippen molar-refractivity contribution in [2.75, 3.05) is 0 Å². The molecule has 0 atom stereocenters. The van der Waals surface area contributed by atoms with Gasteiger partial charge < -0.3 is 0 Å². The maximum absolute atomic E-state index is 14.8. The molecule has 1 aromatic heterocycles. The smallest absolute Gasteiger partial charge is 0.207 e. The number of hydrogen-bond acceptors (Lipinski definition) is 5. The van der Waals surface area contributed by atoms with Crippen LogP contribution in [-0.2, 0) is 15.3 Å². The predicted octanol–water partition coefficient (Wildman–Crippen LogP) is 11.1. The number of fused-ring (bicyclic) bond motifs is 2. The zero-order chi connectivity index (χ0) is 36.7. The molecule has 2 heterocycles. The number of benzene rings is 6. The molecule has 12 rings (SSSR count). The largest absolute Gasteiger partial charge is 0.218 e. The Labute approximate surface area is 322 Å². The van der Waals surface area contributed by atoms with Gasteiger partial charge in [-0.2, -0.15) is 0 Å². The Morgan fingerprint density at radius 3 is 1.38 bits per heavy atom. The van der Waals surface area contributed by atoms with Crippen LogP contribution in [0.1, 0.15) is 43.2 Å². The first-order chi connectivity index (χ1) is 26.9. The van der Waals surface area contributed by atoms with Crippen LogP contribution in [0.2, 0.25) is 0 Å². The molecule has 268 valence electrons. The van der Waals surface area contributed by atoms with Crippen LogP contribution in [0, 0.1) is 23.7 Å². The molecule has 5 nitrogen and oxygen atoms in total. The highest BCUT2D eigenvalue weighted by Gasteiger charge is 2.62. The molecule has 4 fully saturated rings. The quantitative estimate of drug-likeness (QED) is 0.176. The van der Waals surface area contributed by atoms with E-state index in [1.807, 2.05) is 84.9 Å². The van der Waals surface area contributed by atoms with Crippen LogP contribution >= 0.6 is 0 Å². The van der Waals surface area contributed by atoms with E-state index in [-0.39, 0.29) is 5.41 Å². The van der Waals surface area contributed by atoms with E-state index in [2.05, 4.69) is 66.7 Å². The molecule has 6 heteroatoms. The molecule has 0 radical (unpaired) electrons. The lowest BCUT2D eigenvalue weighted by atomic mass is 9.42. The molecular weight excluding hydrogens is 695 g/mol. The fourth-order valence-corrected chi connectivity index (χ4v) is 12.9. The normalized spacial score (nSPS) is 24.0. The minimum absolute atomic E-state index is 0.297. The van der Waals surface area contributed by atoms with Gasteiger partial charge in [0.25, 0.3) is 0 Å². The fourth-order valence-electron chi connectivity index (χ4n) is 11.0. The van der Waals surface area contributed by atoms with Gasteiger partial charge in [-0.05, 0) is 113 Å². The maximum Gasteiger partial charge on any atom is 0.207 e. The van der Waals surface area contributed by atoms with Crippen molar-refractivity contribution >= 4 is 9.84 Å². The van der Waals surface area contributed by atoms with Crippen molar-refractivity contribution in [3.05, 3.63) is 163 Å². The Kier molecular flexibility index (Phi) is 7.37. The van der Waals surface area contributed by atoms with Gasteiger partial charge in [0.05, 0.1) is 9.79 Å². The van der Waals surface area contributed by atoms with E-state index < -0.39 is 9.84 Å². The summed E-state index contributed by atoms with van der Waals surface area (Å²) < 4.78 is 29.5. The minimum atomic E-state index is -3.81. The molecule has 0 unspecified atom stereocenters. The highest BCUT2D eigenvalue weighted by molar-refractivity contribution is 7.91. The van der Waals surface area contributed by atoms with Crippen LogP contribution in [0.15, 0.2) is 161 Å². The van der Waals surface area contributed by atoms with Gasteiger partial charge in [-0.3, -0.25) is 0 Å². The lowest BCUT2D eigenvalue weighted by Gasteiger charge is -2.63. The number of hydrogen-bond donors (Lipinski definition) is 0. The van der Waals surface area contributed by atoms with E-state index in [4.69, 9.17) is 15.0 Å². The van der Waals surface area contributed by atoms with Gasteiger partial charge in [0.15, 0.2) is 17.5 Å². The number of nitrogens with zero attached hydrogens (tertiary/aromatic N) is 3. The van der Waals surface area contributed by atoms with Crippen molar-refractivity contribution in [2.45, 2.75) is 47.3 Å². The lowest BCUT2D eigenvalue weighted by molar-refractivity contribution is -0.0446. The van der Waals surface area contributed by atoms with Crippen LogP contribution in [0.5, 0.6) is 0 Å². The molecule has 6 aromatic carbocycles. The van der Waals surface area contributed by atoms with Gasteiger partial charge >= 0.3 is 0 Å². The Morgan fingerprint density at radius 1 is 0.400 bits per heavy atom. The first-order valence-electron chi connectivity index (χ1n) is 19.5. The first-order valence-corrected chi connectivity index (χ1v) is 21.0. The predicted molar refractivity (Wildman–Crippen MR) is 217 cm³/mol. The highest BCUT2D eigenvalue weighted by Crippen LogP contribution is 2.68. The maximum atomic E-state index is 14.8. The molecule has 7 aromatic rings. The molecule has 1 spiro atoms. The Balaban J connectivity index is 1.10. The second-order valence-corrected chi connectivity index (χ2v) is 18.0. The first kappa shape index (κ1) is 32.7. The Morgan fingerprint density at radius 2 is 0.836 bits per heavy atom. The molecule has 55 heavy (non-hydrogen) atoms. The molecule has 4 aliphatic carbocycles. The van der Waals surface area contributed by atoms with Crippen molar-refractivity contribution in [3.8, 4) is 56.4 Å². The Hall–Kier alpha value is -5.72. The van der Waals surface area contributed by atoms with Crippen LogP contribution in [0.4, 0.5) is 0 Å². The van der Waals surface area contributed by atoms with E-state index >= 15 is 0 Å². The van der Waals surface area contributed by atoms with Crippen LogP contribution in [0.3, 0.4) is 0 Å². The Bertz CT molecular complexity index is 2620. The van der Waals surface area contributed by atoms with E-state index in [1.54, 1.807) is 0 Å². The van der Waals surface area contributed by atoms with E-state index in [1.165, 1.54) is 32.1 Å². The summed E-state index contributed by atoms with van der Waals surface area (Å²) in [5, 5.41) is 0. The minimum Gasteiger partial charge on any atom is -0.218 e. The molecule has 0 N–H and O–H groups in total. The van der Waals surface area contributed by atoms with Gasteiger partial charge in [0.1, 0.15) is 0 Å². The summed E-state index contributed by atoms with van der Waals surface area (Å²) in [6.07, 6.45) is 6.03. The third-order valence-electron chi connectivity index (χ3n) is 13.1. The zero-order valence-corrected chi connectivity index (χ0v) is 31.2. The third kappa shape index (κ3) is 5.11. The van der Waals surface area contributed by atoms with Crippen molar-refractivity contribution in [1.29, 1.82) is 0 Å². The second kappa shape index (κ2) is 12.4. The van der Waals surface area contributed by atoms with Crippen molar-refractivity contribution in [1.82, 2.24) is 15.0 Å². The summed E-state index contributed by atoms with van der Waals surface area (Å²) in [6.45, 7) is 0. The number of sulfone groups is 1. The topological polar surface area (TPSA) is 72.8 Å². The van der Waals surface area contributed by atoms with E-state index in [9.17, 15) is 8.42 Å². The van der Waals surface area contributed by atoms with Gasteiger partial charge in [-0.25, -0.2) is 23.4 Å². The summed E-state index contributed by atoms with van der Waals surface area (Å²) in [5.74, 6) is 3.90. The van der Waals surface area contributed by atoms with Gasteiger partial charge in [-0.1, -0.05) is 127 Å².